The second-order valence-electron chi connectivity index (χ2n) is 5.59. The van der Waals surface area contributed by atoms with Crippen LogP contribution in [0.5, 0.6) is 0 Å². The number of oxazole rings is 1. The predicted octanol–water partition coefficient (Wildman–Crippen LogP) is 1.05. The van der Waals surface area contributed by atoms with Crippen LogP contribution in [0.4, 0.5) is 4.79 Å². The molecule has 0 saturated carbocycles. The van der Waals surface area contributed by atoms with Crippen LogP contribution in [0.15, 0.2) is 27.4 Å². The average Bonchev–Trinajstić information content (AvgIpc) is 2.88. The van der Waals surface area contributed by atoms with Crippen LogP contribution in [0.1, 0.15) is 17.3 Å². The molecule has 1 aliphatic rings. The quantitative estimate of drug-likeness (QED) is 0.820. The molecule has 8 nitrogen and oxygen atoms in total. The second kappa shape index (κ2) is 6.38. The van der Waals surface area contributed by atoms with E-state index >= 15 is 0 Å². The number of hydrogen-bond donors (Lipinski definition) is 0. The van der Waals surface area contributed by atoms with Crippen LogP contribution in [0.25, 0.3) is 11.1 Å². The maximum absolute atomic E-state index is 12.6. The van der Waals surface area contributed by atoms with E-state index in [1.807, 2.05) is 0 Å². The zero-order chi connectivity index (χ0) is 17.3. The molecule has 3 rings (SSSR count). The van der Waals surface area contributed by atoms with E-state index in [9.17, 15) is 14.4 Å². The van der Waals surface area contributed by atoms with Gasteiger partial charge in [0.2, 0.25) is 0 Å². The fourth-order valence-corrected chi connectivity index (χ4v) is 2.76. The van der Waals surface area contributed by atoms with Crippen molar-refractivity contribution in [2.45, 2.75) is 6.92 Å². The molecule has 0 aliphatic carbocycles. The van der Waals surface area contributed by atoms with Gasteiger partial charge in [-0.3, -0.25) is 9.36 Å². The van der Waals surface area contributed by atoms with Gasteiger partial charge in [-0.25, -0.2) is 9.59 Å². The molecule has 2 amide bonds. The molecular weight excluding hydrogens is 314 g/mol. The molecule has 0 bridgehead atoms. The van der Waals surface area contributed by atoms with Gasteiger partial charge in [-0.05, 0) is 25.1 Å². The van der Waals surface area contributed by atoms with E-state index in [1.165, 1.54) is 4.57 Å². The molecule has 1 aromatic carbocycles. The summed E-state index contributed by atoms with van der Waals surface area (Å²) < 4.78 is 11.5. The number of rotatable bonds is 2. The Kier molecular flexibility index (Phi) is 4.28. The van der Waals surface area contributed by atoms with E-state index in [-0.39, 0.29) is 12.0 Å². The molecule has 2 aromatic rings. The molecule has 24 heavy (non-hydrogen) atoms. The third-order valence-corrected chi connectivity index (χ3v) is 4.13. The summed E-state index contributed by atoms with van der Waals surface area (Å²) in [7, 11) is 1.62. The number of fused-ring (bicyclic) bond motifs is 1. The summed E-state index contributed by atoms with van der Waals surface area (Å²) >= 11 is 0. The summed E-state index contributed by atoms with van der Waals surface area (Å²) in [5, 5.41) is 0. The summed E-state index contributed by atoms with van der Waals surface area (Å²) in [5.74, 6) is -0.607. The summed E-state index contributed by atoms with van der Waals surface area (Å²) in [5.41, 5.74) is 1.49. The second-order valence-corrected chi connectivity index (χ2v) is 5.59. The first-order chi connectivity index (χ1) is 11.5. The zero-order valence-electron chi connectivity index (χ0n) is 13.7. The van der Waals surface area contributed by atoms with Gasteiger partial charge in [0.15, 0.2) is 5.58 Å². The Morgan fingerprint density at radius 1 is 1.17 bits per heavy atom. The molecule has 2 heterocycles. The van der Waals surface area contributed by atoms with E-state index in [4.69, 9.17) is 9.15 Å². The van der Waals surface area contributed by atoms with Crippen LogP contribution in [0.3, 0.4) is 0 Å². The highest BCUT2D eigenvalue weighted by molar-refractivity contribution is 5.97. The van der Waals surface area contributed by atoms with E-state index in [0.717, 1.165) is 0 Å². The molecule has 0 atom stereocenters. The first kappa shape index (κ1) is 16.1. The number of hydrogen-bond acceptors (Lipinski definition) is 5. The Hall–Kier alpha value is -2.77. The van der Waals surface area contributed by atoms with Crippen molar-refractivity contribution in [3.63, 3.8) is 0 Å². The van der Waals surface area contributed by atoms with Crippen molar-refractivity contribution in [1.82, 2.24) is 14.4 Å². The summed E-state index contributed by atoms with van der Waals surface area (Å²) in [6, 6.07) is 4.95. The number of benzene rings is 1. The highest BCUT2D eigenvalue weighted by Gasteiger charge is 2.25. The van der Waals surface area contributed by atoms with Crippen LogP contribution >= 0.6 is 0 Å². The van der Waals surface area contributed by atoms with Crippen molar-refractivity contribution < 1.29 is 18.7 Å². The van der Waals surface area contributed by atoms with Crippen LogP contribution in [0, 0.1) is 0 Å². The minimum Gasteiger partial charge on any atom is -0.450 e. The minimum absolute atomic E-state index is 0.146. The minimum atomic E-state index is -0.461. The van der Waals surface area contributed by atoms with Gasteiger partial charge in [0.1, 0.15) is 0 Å². The summed E-state index contributed by atoms with van der Waals surface area (Å²) in [6.45, 7) is 3.85. The number of ether oxygens (including phenoxy) is 1. The van der Waals surface area contributed by atoms with Crippen molar-refractivity contribution >= 4 is 23.1 Å². The van der Waals surface area contributed by atoms with Gasteiger partial charge in [-0.15, -0.1) is 0 Å². The van der Waals surface area contributed by atoms with Crippen molar-refractivity contribution in [3.05, 3.63) is 34.3 Å². The lowest BCUT2D eigenvalue weighted by Crippen LogP contribution is -2.50. The molecular formula is C16H19N3O5. The summed E-state index contributed by atoms with van der Waals surface area (Å²) in [4.78, 5) is 39.1. The highest BCUT2D eigenvalue weighted by Crippen LogP contribution is 2.17. The number of piperazine rings is 1. The largest absolute Gasteiger partial charge is 0.450 e. The topological polar surface area (TPSA) is 85.0 Å². The lowest BCUT2D eigenvalue weighted by molar-refractivity contribution is 0.0570. The van der Waals surface area contributed by atoms with Gasteiger partial charge in [-0.1, -0.05) is 0 Å². The zero-order valence-corrected chi connectivity index (χ0v) is 13.7. The van der Waals surface area contributed by atoms with Gasteiger partial charge in [0.05, 0.1) is 12.1 Å². The summed E-state index contributed by atoms with van der Waals surface area (Å²) in [6.07, 6.45) is -0.350. The van der Waals surface area contributed by atoms with Crippen LogP contribution in [0.2, 0.25) is 0 Å². The van der Waals surface area contributed by atoms with Gasteiger partial charge in [0, 0.05) is 38.8 Å². The number of nitrogens with zero attached hydrogens (tertiary/aromatic N) is 3. The lowest BCUT2D eigenvalue weighted by Gasteiger charge is -2.34. The number of amides is 2. The van der Waals surface area contributed by atoms with Crippen molar-refractivity contribution in [2.75, 3.05) is 32.8 Å². The SMILES string of the molecule is CCOC(=O)N1CCN(C(=O)c2ccc3c(c2)oc(=O)n3C)CC1. The molecule has 0 radical (unpaired) electrons. The molecule has 0 spiro atoms. The number of carbonyl (C=O) groups is 2. The molecule has 1 aromatic heterocycles. The smallest absolute Gasteiger partial charge is 0.419 e. The van der Waals surface area contributed by atoms with Gasteiger partial charge >= 0.3 is 11.8 Å². The molecule has 0 unspecified atom stereocenters. The molecule has 0 N–H and O–H groups in total. The monoisotopic (exact) mass is 333 g/mol. The number of aryl methyl sites for hydroxylation is 1. The Balaban J connectivity index is 1.71. The van der Waals surface area contributed by atoms with Gasteiger partial charge in [-0.2, -0.15) is 0 Å². The lowest BCUT2D eigenvalue weighted by atomic mass is 10.1. The Labute approximate surface area is 138 Å². The van der Waals surface area contributed by atoms with Crippen molar-refractivity contribution in [2.24, 2.45) is 7.05 Å². The van der Waals surface area contributed by atoms with Gasteiger partial charge < -0.3 is 19.0 Å². The molecule has 1 aliphatic heterocycles. The number of aromatic nitrogens is 1. The predicted molar refractivity (Wildman–Crippen MR) is 86.0 cm³/mol. The standard InChI is InChI=1S/C16H19N3O5/c1-3-23-16(22)19-8-6-18(7-9-19)14(20)11-4-5-12-13(10-11)24-15(21)17(12)2/h4-5,10H,3,6-9H2,1-2H3. The molecule has 1 fully saturated rings. The van der Waals surface area contributed by atoms with Crippen LogP contribution in [-0.2, 0) is 11.8 Å². The van der Waals surface area contributed by atoms with E-state index < -0.39 is 5.76 Å². The first-order valence-corrected chi connectivity index (χ1v) is 7.82. The normalized spacial score (nSPS) is 14.9. The van der Waals surface area contributed by atoms with E-state index in [2.05, 4.69) is 0 Å². The fraction of sp³-hybridized carbons (Fsp3) is 0.438. The van der Waals surface area contributed by atoms with Crippen LogP contribution in [-0.4, -0.2) is 59.2 Å². The fourth-order valence-electron chi connectivity index (χ4n) is 2.76. The van der Waals surface area contributed by atoms with Crippen molar-refractivity contribution in [3.8, 4) is 0 Å². The van der Waals surface area contributed by atoms with Crippen LogP contribution < -0.4 is 5.76 Å². The van der Waals surface area contributed by atoms with Gasteiger partial charge in [0.25, 0.3) is 5.91 Å². The molecule has 8 heteroatoms. The Bertz CT molecular complexity index is 830. The van der Waals surface area contributed by atoms with Crippen molar-refractivity contribution in [1.29, 1.82) is 0 Å². The van der Waals surface area contributed by atoms with E-state index in [0.29, 0.717) is 49.4 Å². The third kappa shape index (κ3) is 2.86. The first-order valence-electron chi connectivity index (χ1n) is 7.82. The Morgan fingerprint density at radius 3 is 2.50 bits per heavy atom. The Morgan fingerprint density at radius 2 is 1.83 bits per heavy atom. The van der Waals surface area contributed by atoms with E-state index in [1.54, 1.807) is 42.0 Å². The average molecular weight is 333 g/mol. The molecule has 1 saturated heterocycles. The third-order valence-electron chi connectivity index (χ3n) is 4.13. The molecule has 128 valence electrons. The number of carbonyl (C=O) groups excluding carboxylic acids is 2. The maximum Gasteiger partial charge on any atom is 0.419 e. The highest BCUT2D eigenvalue weighted by atomic mass is 16.6. The maximum atomic E-state index is 12.6.